The van der Waals surface area contributed by atoms with Crippen molar-refractivity contribution in [3.63, 3.8) is 0 Å². The van der Waals surface area contributed by atoms with E-state index in [0.717, 1.165) is 57.2 Å². The third kappa shape index (κ3) is 1.81. The molecule has 0 aromatic rings. The average Bonchev–Trinajstić information content (AvgIpc) is 2.92. The molecular formula is C22H35NO3. The molecule has 6 rings (SSSR count). The smallest absolute Gasteiger partial charge is 0.0834 e. The van der Waals surface area contributed by atoms with E-state index in [1.165, 1.54) is 0 Å². The molecule has 6 aliphatic rings. The molecule has 4 nitrogen and oxygen atoms in total. The van der Waals surface area contributed by atoms with Crippen LogP contribution < -0.4 is 0 Å². The van der Waals surface area contributed by atoms with E-state index in [-0.39, 0.29) is 28.9 Å². The Morgan fingerprint density at radius 1 is 1.19 bits per heavy atom. The first kappa shape index (κ1) is 17.7. The Hall–Kier alpha value is -0.420. The summed E-state index contributed by atoms with van der Waals surface area (Å²) in [7, 11) is 0. The van der Waals surface area contributed by atoms with E-state index in [4.69, 9.17) is 0 Å². The Kier molecular flexibility index (Phi) is 3.63. The van der Waals surface area contributed by atoms with Crippen molar-refractivity contribution in [1.82, 2.24) is 4.90 Å². The SMILES string of the molecule is C=C1[C@H]2CC[C@]3(C(C2)[C@@]2(CC)CN4C[C@](C)(C[C@@H]4CO)C2C[C@H]3O)[C@H]1O. The Morgan fingerprint density at radius 3 is 2.65 bits per heavy atom. The van der Waals surface area contributed by atoms with Gasteiger partial charge >= 0.3 is 0 Å². The molecule has 0 amide bonds. The second-order valence-electron chi connectivity index (χ2n) is 10.6. The molecule has 4 heteroatoms. The van der Waals surface area contributed by atoms with Gasteiger partial charge in [-0.25, -0.2) is 0 Å². The lowest BCUT2D eigenvalue weighted by Gasteiger charge is -2.71. The van der Waals surface area contributed by atoms with Gasteiger partial charge in [0.1, 0.15) is 0 Å². The summed E-state index contributed by atoms with van der Waals surface area (Å²) in [6.07, 6.45) is 5.09. The van der Waals surface area contributed by atoms with Crippen LogP contribution >= 0.6 is 0 Å². The number of piperidine rings is 1. The van der Waals surface area contributed by atoms with Gasteiger partial charge in [0.25, 0.3) is 0 Å². The highest BCUT2D eigenvalue weighted by Crippen LogP contribution is 2.72. The van der Waals surface area contributed by atoms with Crippen LogP contribution in [0.3, 0.4) is 0 Å². The van der Waals surface area contributed by atoms with E-state index in [1.54, 1.807) is 0 Å². The summed E-state index contributed by atoms with van der Waals surface area (Å²) in [4.78, 5) is 2.54. The molecule has 3 unspecified atom stereocenters. The fraction of sp³-hybridized carbons (Fsp3) is 0.909. The van der Waals surface area contributed by atoms with E-state index in [2.05, 4.69) is 25.3 Å². The molecule has 26 heavy (non-hydrogen) atoms. The van der Waals surface area contributed by atoms with Gasteiger partial charge in [0.15, 0.2) is 0 Å². The first-order valence-electron chi connectivity index (χ1n) is 10.7. The lowest BCUT2D eigenvalue weighted by molar-refractivity contribution is -0.256. The molecule has 0 radical (unpaired) electrons. The molecular weight excluding hydrogens is 326 g/mol. The molecule has 3 N–H and O–H groups in total. The third-order valence-corrected chi connectivity index (χ3v) is 9.94. The van der Waals surface area contributed by atoms with Crippen molar-refractivity contribution in [2.24, 2.45) is 34.0 Å². The van der Waals surface area contributed by atoms with Crippen LogP contribution in [0.4, 0.5) is 0 Å². The monoisotopic (exact) mass is 361 g/mol. The highest BCUT2D eigenvalue weighted by Gasteiger charge is 2.72. The zero-order valence-corrected chi connectivity index (χ0v) is 16.3. The number of rotatable bonds is 2. The number of aliphatic hydroxyl groups excluding tert-OH is 3. The van der Waals surface area contributed by atoms with E-state index < -0.39 is 12.2 Å². The minimum absolute atomic E-state index is 0.149. The van der Waals surface area contributed by atoms with Crippen molar-refractivity contribution < 1.29 is 15.3 Å². The van der Waals surface area contributed by atoms with Crippen LogP contribution in [0.1, 0.15) is 52.4 Å². The third-order valence-electron chi connectivity index (χ3n) is 9.94. The minimum Gasteiger partial charge on any atom is -0.395 e. The van der Waals surface area contributed by atoms with E-state index >= 15 is 0 Å². The largest absolute Gasteiger partial charge is 0.395 e. The van der Waals surface area contributed by atoms with E-state index in [1.807, 2.05) is 0 Å². The number of aliphatic hydroxyl groups is 3. The number of hydrogen-bond donors (Lipinski definition) is 3. The zero-order chi connectivity index (χ0) is 18.5. The normalized spacial score (nSPS) is 60.7. The fourth-order valence-corrected chi connectivity index (χ4v) is 8.85. The van der Waals surface area contributed by atoms with E-state index in [9.17, 15) is 15.3 Å². The summed E-state index contributed by atoms with van der Waals surface area (Å²) in [5.74, 6) is 1.27. The van der Waals surface area contributed by atoms with Crippen LogP contribution in [0, 0.1) is 34.0 Å². The van der Waals surface area contributed by atoms with Crippen molar-refractivity contribution in [3.8, 4) is 0 Å². The summed E-state index contributed by atoms with van der Waals surface area (Å²) < 4.78 is 0. The molecule has 0 aromatic heterocycles. The highest BCUT2D eigenvalue weighted by atomic mass is 16.3. The summed E-state index contributed by atoms with van der Waals surface area (Å²) in [5, 5.41) is 32.6. The van der Waals surface area contributed by atoms with Crippen LogP contribution in [0.25, 0.3) is 0 Å². The fourth-order valence-electron chi connectivity index (χ4n) is 8.85. The van der Waals surface area contributed by atoms with Gasteiger partial charge in [-0.1, -0.05) is 20.4 Å². The lowest BCUT2D eigenvalue weighted by atomic mass is 9.36. The van der Waals surface area contributed by atoms with Gasteiger partial charge in [-0.15, -0.1) is 0 Å². The second kappa shape index (κ2) is 5.34. The van der Waals surface area contributed by atoms with Crippen molar-refractivity contribution in [2.45, 2.75) is 70.6 Å². The highest BCUT2D eigenvalue weighted by molar-refractivity contribution is 5.29. The van der Waals surface area contributed by atoms with Gasteiger partial charge in [0.2, 0.25) is 0 Å². The van der Waals surface area contributed by atoms with Gasteiger partial charge < -0.3 is 15.3 Å². The van der Waals surface area contributed by atoms with Crippen LogP contribution in [-0.4, -0.2) is 58.2 Å². The van der Waals surface area contributed by atoms with Gasteiger partial charge in [0.05, 0.1) is 18.8 Å². The van der Waals surface area contributed by atoms with Crippen molar-refractivity contribution >= 4 is 0 Å². The molecule has 146 valence electrons. The van der Waals surface area contributed by atoms with Crippen LogP contribution in [0.5, 0.6) is 0 Å². The maximum atomic E-state index is 11.4. The predicted molar refractivity (Wildman–Crippen MR) is 100 cm³/mol. The molecule has 0 aromatic carbocycles. The zero-order valence-electron chi connectivity index (χ0n) is 16.3. The van der Waals surface area contributed by atoms with Crippen LogP contribution in [-0.2, 0) is 0 Å². The Labute approximate surface area is 157 Å². The summed E-state index contributed by atoms with van der Waals surface area (Å²) >= 11 is 0. The summed E-state index contributed by atoms with van der Waals surface area (Å²) in [5.41, 5.74) is 0.913. The number of fused-ring (bicyclic) bond motifs is 6. The van der Waals surface area contributed by atoms with Gasteiger partial charge in [-0.2, -0.15) is 0 Å². The first-order chi connectivity index (χ1) is 12.3. The molecule has 6 fully saturated rings. The van der Waals surface area contributed by atoms with Crippen molar-refractivity contribution in [2.75, 3.05) is 19.7 Å². The van der Waals surface area contributed by atoms with E-state index in [0.29, 0.717) is 17.8 Å². The number of hydrogen-bond acceptors (Lipinski definition) is 4. The Balaban J connectivity index is 1.64. The maximum Gasteiger partial charge on any atom is 0.0834 e. The second-order valence-corrected chi connectivity index (χ2v) is 10.6. The molecule has 2 saturated heterocycles. The van der Waals surface area contributed by atoms with Gasteiger partial charge in [-0.05, 0) is 72.7 Å². The van der Waals surface area contributed by atoms with Crippen LogP contribution in [0.15, 0.2) is 12.2 Å². The van der Waals surface area contributed by atoms with Crippen LogP contribution in [0.2, 0.25) is 0 Å². The topological polar surface area (TPSA) is 63.9 Å². The lowest BCUT2D eigenvalue weighted by Crippen LogP contribution is -2.72. The summed E-state index contributed by atoms with van der Waals surface area (Å²) in [6.45, 7) is 11.3. The minimum atomic E-state index is -0.546. The van der Waals surface area contributed by atoms with Crippen molar-refractivity contribution in [1.29, 1.82) is 0 Å². The molecule has 2 heterocycles. The summed E-state index contributed by atoms with van der Waals surface area (Å²) in [6, 6.07) is 0.266. The Morgan fingerprint density at radius 2 is 1.96 bits per heavy atom. The Bertz CT molecular complexity index is 637. The molecule has 4 saturated carbocycles. The molecule has 2 aliphatic heterocycles. The quantitative estimate of drug-likeness (QED) is 0.660. The maximum absolute atomic E-state index is 11.4. The average molecular weight is 362 g/mol. The first-order valence-corrected chi connectivity index (χ1v) is 10.7. The molecule has 4 aliphatic carbocycles. The molecule has 4 bridgehead atoms. The van der Waals surface area contributed by atoms with Gasteiger partial charge in [-0.3, -0.25) is 4.90 Å². The van der Waals surface area contributed by atoms with Crippen molar-refractivity contribution in [3.05, 3.63) is 12.2 Å². The van der Waals surface area contributed by atoms with Gasteiger partial charge in [0, 0.05) is 24.5 Å². The standard InChI is InChI=1S/C22H35NO3/c1-4-21-12-23-11-20(3,9-15(23)10-24)16(21)8-18(25)22-6-5-14(7-17(21)22)13(2)19(22)26/h14-19,24-26H,2,4-12H2,1,3H3/t14-,15+,16?,17?,18+,19-,20-,21-,22+/m0/s1. The molecule has 1 spiro atoms. The number of nitrogens with zero attached hydrogens (tertiary/aromatic N) is 1. The molecule has 10 atom stereocenters. The predicted octanol–water partition coefficient (Wildman–Crippen LogP) is 2.18.